The van der Waals surface area contributed by atoms with Crippen molar-refractivity contribution in [2.45, 2.75) is 31.3 Å². The van der Waals surface area contributed by atoms with E-state index in [2.05, 4.69) is 6.58 Å². The average molecular weight is 265 g/mol. The molecule has 0 unspecified atom stereocenters. The fourth-order valence-electron chi connectivity index (χ4n) is 1.19. The summed E-state index contributed by atoms with van der Waals surface area (Å²) in [5.74, 6) is 0. The summed E-state index contributed by atoms with van der Waals surface area (Å²) in [6.07, 6.45) is 1.33. The van der Waals surface area contributed by atoms with E-state index in [-0.39, 0.29) is 6.09 Å². The van der Waals surface area contributed by atoms with Gasteiger partial charge in [0, 0.05) is 4.90 Å². The minimum Gasteiger partial charge on any atom is -0.443 e. The van der Waals surface area contributed by atoms with Crippen molar-refractivity contribution in [1.29, 1.82) is 0 Å². The summed E-state index contributed by atoms with van der Waals surface area (Å²) in [7, 11) is 0. The third-order valence-corrected chi connectivity index (χ3v) is 2.85. The maximum Gasteiger partial charge on any atom is 0.420 e. The van der Waals surface area contributed by atoms with E-state index in [0.717, 1.165) is 4.90 Å². The zero-order valence-corrected chi connectivity index (χ0v) is 11.9. The Labute approximate surface area is 113 Å². The lowest BCUT2D eigenvalue weighted by Gasteiger charge is -2.25. The van der Waals surface area contributed by atoms with Gasteiger partial charge >= 0.3 is 6.09 Å². The fourth-order valence-corrected chi connectivity index (χ4v) is 2.01. The minimum atomic E-state index is -0.492. The first-order chi connectivity index (χ1) is 8.42. The predicted molar refractivity (Wildman–Crippen MR) is 75.4 cm³/mol. The minimum absolute atomic E-state index is 0.351. The van der Waals surface area contributed by atoms with Crippen LogP contribution in [0.15, 0.2) is 47.9 Å². The molecule has 0 aliphatic rings. The number of hydrogen-bond donors (Lipinski definition) is 0. The lowest BCUT2D eigenvalue weighted by molar-refractivity contribution is 0.0417. The molecular formula is C14H19NO2S. The predicted octanol–water partition coefficient (Wildman–Crippen LogP) is 4.12. The molecule has 1 amide bonds. The average Bonchev–Trinajstić information content (AvgIpc) is 2.27. The molecule has 4 heteroatoms. The maximum atomic E-state index is 12.0. The summed E-state index contributed by atoms with van der Waals surface area (Å²) in [5.41, 5.74) is -0.492. The summed E-state index contributed by atoms with van der Waals surface area (Å²) in [6.45, 7) is 9.65. The van der Waals surface area contributed by atoms with Crippen LogP contribution in [0.4, 0.5) is 4.79 Å². The van der Waals surface area contributed by atoms with Gasteiger partial charge in [0.25, 0.3) is 0 Å². The Morgan fingerprint density at radius 3 is 2.50 bits per heavy atom. The van der Waals surface area contributed by atoms with Crippen molar-refractivity contribution in [2.75, 3.05) is 6.54 Å². The Bertz CT molecular complexity index is 398. The largest absolute Gasteiger partial charge is 0.443 e. The van der Waals surface area contributed by atoms with Gasteiger partial charge in [-0.05, 0) is 44.9 Å². The van der Waals surface area contributed by atoms with E-state index >= 15 is 0 Å². The number of ether oxygens (including phenoxy) is 1. The fraction of sp³-hybridized carbons (Fsp3) is 0.357. The standard InChI is InChI=1S/C14H19NO2S/c1-5-11-15(13(16)17-14(2,3)4)18-12-9-7-6-8-10-12/h5-10H,1,11H2,2-4H3. The highest BCUT2D eigenvalue weighted by Crippen LogP contribution is 2.24. The lowest BCUT2D eigenvalue weighted by Crippen LogP contribution is -2.32. The number of carbonyl (C=O) groups is 1. The van der Waals surface area contributed by atoms with Crippen LogP contribution in [-0.2, 0) is 4.74 Å². The third-order valence-electron chi connectivity index (χ3n) is 1.85. The highest BCUT2D eigenvalue weighted by molar-refractivity contribution is 7.97. The zero-order valence-electron chi connectivity index (χ0n) is 11.1. The van der Waals surface area contributed by atoms with Crippen LogP contribution in [0.1, 0.15) is 20.8 Å². The summed E-state index contributed by atoms with van der Waals surface area (Å²) < 4.78 is 6.89. The van der Waals surface area contributed by atoms with E-state index in [4.69, 9.17) is 4.74 Å². The Kier molecular flexibility index (Phi) is 5.28. The molecule has 0 bridgehead atoms. The zero-order chi connectivity index (χ0) is 13.6. The van der Waals surface area contributed by atoms with E-state index < -0.39 is 5.60 Å². The van der Waals surface area contributed by atoms with Crippen LogP contribution in [0.5, 0.6) is 0 Å². The van der Waals surface area contributed by atoms with Crippen molar-refractivity contribution in [2.24, 2.45) is 0 Å². The summed E-state index contributed by atoms with van der Waals surface area (Å²) in [5, 5.41) is 0. The molecule has 0 aromatic heterocycles. The molecular weight excluding hydrogens is 246 g/mol. The first-order valence-electron chi connectivity index (χ1n) is 5.77. The van der Waals surface area contributed by atoms with Crippen LogP contribution in [0, 0.1) is 0 Å². The van der Waals surface area contributed by atoms with Crippen molar-refractivity contribution in [3.05, 3.63) is 43.0 Å². The molecule has 1 aromatic carbocycles. The van der Waals surface area contributed by atoms with Crippen LogP contribution in [-0.4, -0.2) is 22.5 Å². The highest BCUT2D eigenvalue weighted by atomic mass is 32.2. The Hall–Kier alpha value is -1.42. The summed E-state index contributed by atoms with van der Waals surface area (Å²) >= 11 is 1.35. The number of benzene rings is 1. The third kappa shape index (κ3) is 5.27. The molecule has 1 rings (SSSR count). The van der Waals surface area contributed by atoms with Gasteiger partial charge in [-0.1, -0.05) is 24.3 Å². The maximum absolute atomic E-state index is 12.0. The molecule has 18 heavy (non-hydrogen) atoms. The first-order valence-corrected chi connectivity index (χ1v) is 6.54. The molecule has 0 heterocycles. The van der Waals surface area contributed by atoms with Crippen molar-refractivity contribution >= 4 is 18.0 Å². The quantitative estimate of drug-likeness (QED) is 0.606. The van der Waals surface area contributed by atoms with E-state index in [1.807, 2.05) is 51.1 Å². The van der Waals surface area contributed by atoms with Crippen LogP contribution >= 0.6 is 11.9 Å². The van der Waals surface area contributed by atoms with E-state index in [0.29, 0.717) is 6.54 Å². The monoisotopic (exact) mass is 265 g/mol. The molecule has 0 aliphatic heterocycles. The van der Waals surface area contributed by atoms with Gasteiger partial charge in [0.15, 0.2) is 0 Å². The molecule has 0 atom stereocenters. The van der Waals surface area contributed by atoms with Crippen molar-refractivity contribution < 1.29 is 9.53 Å². The summed E-state index contributed by atoms with van der Waals surface area (Å²) in [4.78, 5) is 13.0. The second kappa shape index (κ2) is 6.50. The molecule has 0 spiro atoms. The highest BCUT2D eigenvalue weighted by Gasteiger charge is 2.22. The molecule has 0 radical (unpaired) electrons. The van der Waals surface area contributed by atoms with Crippen LogP contribution in [0.3, 0.4) is 0 Å². The smallest absolute Gasteiger partial charge is 0.420 e. The van der Waals surface area contributed by atoms with Crippen molar-refractivity contribution in [3.63, 3.8) is 0 Å². The Morgan fingerprint density at radius 1 is 1.39 bits per heavy atom. The summed E-state index contributed by atoms with van der Waals surface area (Å²) in [6, 6.07) is 9.71. The number of hydrogen-bond acceptors (Lipinski definition) is 3. The lowest BCUT2D eigenvalue weighted by atomic mass is 10.2. The number of carbonyl (C=O) groups excluding carboxylic acids is 1. The van der Waals surface area contributed by atoms with Gasteiger partial charge in [0.05, 0.1) is 6.54 Å². The van der Waals surface area contributed by atoms with Crippen molar-refractivity contribution in [3.8, 4) is 0 Å². The second-order valence-electron chi connectivity index (χ2n) is 4.73. The molecule has 0 saturated carbocycles. The van der Waals surface area contributed by atoms with Gasteiger partial charge in [-0.2, -0.15) is 0 Å². The van der Waals surface area contributed by atoms with E-state index in [1.54, 1.807) is 10.4 Å². The Balaban J connectivity index is 2.71. The molecule has 3 nitrogen and oxygen atoms in total. The molecule has 98 valence electrons. The van der Waals surface area contributed by atoms with Gasteiger partial charge in [0.1, 0.15) is 5.60 Å². The van der Waals surface area contributed by atoms with E-state index in [9.17, 15) is 4.79 Å². The van der Waals surface area contributed by atoms with Crippen LogP contribution in [0.25, 0.3) is 0 Å². The molecule has 0 fully saturated rings. The SMILES string of the molecule is C=CCN(Sc1ccccc1)C(=O)OC(C)(C)C. The van der Waals surface area contributed by atoms with Gasteiger partial charge in [-0.3, -0.25) is 0 Å². The Morgan fingerprint density at radius 2 is 2.00 bits per heavy atom. The second-order valence-corrected chi connectivity index (χ2v) is 5.83. The van der Waals surface area contributed by atoms with E-state index in [1.165, 1.54) is 11.9 Å². The van der Waals surface area contributed by atoms with Gasteiger partial charge in [-0.15, -0.1) is 6.58 Å². The molecule has 1 aromatic rings. The van der Waals surface area contributed by atoms with Gasteiger partial charge < -0.3 is 4.74 Å². The number of rotatable bonds is 4. The molecule has 0 saturated heterocycles. The van der Waals surface area contributed by atoms with Gasteiger partial charge in [-0.25, -0.2) is 9.10 Å². The van der Waals surface area contributed by atoms with Crippen molar-refractivity contribution in [1.82, 2.24) is 4.31 Å². The molecule has 0 N–H and O–H groups in total. The normalized spacial score (nSPS) is 10.8. The van der Waals surface area contributed by atoms with Crippen LogP contribution in [0.2, 0.25) is 0 Å². The topological polar surface area (TPSA) is 29.5 Å². The van der Waals surface area contributed by atoms with Gasteiger partial charge in [0.2, 0.25) is 0 Å². The first kappa shape index (κ1) is 14.6. The number of amides is 1. The molecule has 0 aliphatic carbocycles. The van der Waals surface area contributed by atoms with Crippen LogP contribution < -0.4 is 0 Å². The number of nitrogens with zero attached hydrogens (tertiary/aromatic N) is 1.